The van der Waals surface area contributed by atoms with Crippen LogP contribution in [-0.2, 0) is 11.2 Å². The largest absolute Gasteiger partial charge is 0.506 e. The number of rotatable bonds is 4. The average Bonchev–Trinajstić information content (AvgIpc) is 2.82. The van der Waals surface area contributed by atoms with Crippen molar-refractivity contribution in [2.45, 2.75) is 12.5 Å². The molecule has 0 aliphatic heterocycles. The van der Waals surface area contributed by atoms with E-state index in [1.807, 2.05) is 42.5 Å². The lowest BCUT2D eigenvalue weighted by molar-refractivity contribution is 0.0498. The van der Waals surface area contributed by atoms with Gasteiger partial charge >= 0.3 is 6.16 Å². The molecule has 1 aromatic heterocycles. The second-order valence-corrected chi connectivity index (χ2v) is 3.69. The summed E-state index contributed by atoms with van der Waals surface area (Å²) in [6.07, 6.45) is 0.511. The second-order valence-electron chi connectivity index (χ2n) is 3.69. The van der Waals surface area contributed by atoms with Gasteiger partial charge in [-0.2, -0.15) is 0 Å². The number of H-pyrrole nitrogens is 1. The Labute approximate surface area is 98.9 Å². The van der Waals surface area contributed by atoms with E-state index in [-0.39, 0.29) is 0 Å². The Bertz CT molecular complexity index is 465. The molecule has 0 spiro atoms. The highest BCUT2D eigenvalue weighted by Crippen LogP contribution is 2.20. The predicted octanol–water partition coefficient (Wildman–Crippen LogP) is 2.99. The van der Waals surface area contributed by atoms with E-state index in [2.05, 4.69) is 4.98 Å². The third kappa shape index (κ3) is 3.11. The van der Waals surface area contributed by atoms with Crippen LogP contribution in [0.15, 0.2) is 48.7 Å². The number of aromatic amines is 1. The molecule has 2 N–H and O–H groups in total. The van der Waals surface area contributed by atoms with Gasteiger partial charge in [-0.05, 0) is 17.7 Å². The quantitative estimate of drug-likeness (QED) is 0.795. The zero-order valence-electron chi connectivity index (χ0n) is 9.17. The Morgan fingerprint density at radius 1 is 1.24 bits per heavy atom. The third-order valence-electron chi connectivity index (χ3n) is 2.48. The van der Waals surface area contributed by atoms with E-state index in [0.29, 0.717) is 6.42 Å². The zero-order valence-corrected chi connectivity index (χ0v) is 9.17. The van der Waals surface area contributed by atoms with Gasteiger partial charge in [0.05, 0.1) is 5.69 Å². The molecule has 0 amide bonds. The number of carbonyl (C=O) groups is 1. The molecule has 0 saturated carbocycles. The van der Waals surface area contributed by atoms with Crippen LogP contribution in [0.25, 0.3) is 0 Å². The van der Waals surface area contributed by atoms with E-state index in [1.165, 1.54) is 0 Å². The van der Waals surface area contributed by atoms with Gasteiger partial charge < -0.3 is 14.8 Å². The highest BCUT2D eigenvalue weighted by molar-refractivity contribution is 5.57. The van der Waals surface area contributed by atoms with Gasteiger partial charge in [0.15, 0.2) is 0 Å². The maximum atomic E-state index is 10.7. The molecule has 4 nitrogen and oxygen atoms in total. The van der Waals surface area contributed by atoms with Crippen LogP contribution >= 0.6 is 0 Å². The molecule has 0 radical (unpaired) electrons. The normalized spacial score (nSPS) is 12.0. The molecule has 2 aromatic rings. The van der Waals surface area contributed by atoms with E-state index in [4.69, 9.17) is 9.84 Å². The standard InChI is InChI=1S/C13H13NO3/c15-13(16)17-12(11-7-4-8-14-11)9-10-5-2-1-3-6-10/h1-8,12,14H,9H2,(H,15,16). The average molecular weight is 231 g/mol. The van der Waals surface area contributed by atoms with Crippen molar-refractivity contribution in [3.8, 4) is 0 Å². The van der Waals surface area contributed by atoms with Crippen LogP contribution < -0.4 is 0 Å². The highest BCUT2D eigenvalue weighted by Gasteiger charge is 2.17. The molecule has 1 heterocycles. The fourth-order valence-electron chi connectivity index (χ4n) is 1.71. The molecule has 2 rings (SSSR count). The van der Waals surface area contributed by atoms with Crippen molar-refractivity contribution in [2.75, 3.05) is 0 Å². The lowest BCUT2D eigenvalue weighted by Crippen LogP contribution is -2.12. The number of benzene rings is 1. The summed E-state index contributed by atoms with van der Waals surface area (Å²) in [5.41, 5.74) is 1.80. The SMILES string of the molecule is O=C(O)OC(Cc1ccccc1)c1ccc[nH]1. The van der Waals surface area contributed by atoms with Crippen molar-refractivity contribution >= 4 is 6.16 Å². The van der Waals surface area contributed by atoms with Gasteiger partial charge in [0.2, 0.25) is 0 Å². The van der Waals surface area contributed by atoms with Gasteiger partial charge in [0.1, 0.15) is 6.10 Å². The van der Waals surface area contributed by atoms with Crippen LogP contribution in [-0.4, -0.2) is 16.2 Å². The van der Waals surface area contributed by atoms with Crippen molar-refractivity contribution in [1.82, 2.24) is 4.98 Å². The predicted molar refractivity (Wildman–Crippen MR) is 62.8 cm³/mol. The molecule has 0 aliphatic rings. The molecule has 0 aliphatic carbocycles. The van der Waals surface area contributed by atoms with Crippen LogP contribution in [0.1, 0.15) is 17.4 Å². The summed E-state index contributed by atoms with van der Waals surface area (Å²) in [7, 11) is 0. The Kier molecular flexibility index (Phi) is 3.45. The Morgan fingerprint density at radius 3 is 2.59 bits per heavy atom. The first-order valence-corrected chi connectivity index (χ1v) is 5.32. The number of hydrogen-bond acceptors (Lipinski definition) is 2. The van der Waals surface area contributed by atoms with Gasteiger partial charge in [-0.15, -0.1) is 0 Å². The van der Waals surface area contributed by atoms with Crippen molar-refractivity contribution < 1.29 is 14.6 Å². The van der Waals surface area contributed by atoms with Gasteiger partial charge in [-0.25, -0.2) is 4.79 Å². The minimum atomic E-state index is -1.26. The molecule has 4 heteroatoms. The lowest BCUT2D eigenvalue weighted by Gasteiger charge is -2.14. The minimum Gasteiger partial charge on any atom is -0.450 e. The molecule has 1 aromatic carbocycles. The first-order valence-electron chi connectivity index (χ1n) is 5.32. The molecule has 1 atom stereocenters. The number of nitrogens with one attached hydrogen (secondary N) is 1. The van der Waals surface area contributed by atoms with E-state index in [1.54, 1.807) is 6.20 Å². The van der Waals surface area contributed by atoms with Crippen molar-refractivity contribution in [3.05, 3.63) is 59.9 Å². The number of ether oxygens (including phenoxy) is 1. The Hall–Kier alpha value is -2.23. The minimum absolute atomic E-state index is 0.495. The first-order chi connectivity index (χ1) is 8.25. The molecule has 0 bridgehead atoms. The molecule has 0 saturated heterocycles. The Morgan fingerprint density at radius 2 is 2.00 bits per heavy atom. The number of aromatic nitrogens is 1. The monoisotopic (exact) mass is 231 g/mol. The van der Waals surface area contributed by atoms with Crippen LogP contribution in [0, 0.1) is 0 Å². The van der Waals surface area contributed by atoms with E-state index >= 15 is 0 Å². The topological polar surface area (TPSA) is 62.3 Å². The molecule has 88 valence electrons. The molecule has 1 unspecified atom stereocenters. The summed E-state index contributed by atoms with van der Waals surface area (Å²) in [5, 5.41) is 8.72. The fraction of sp³-hybridized carbons (Fsp3) is 0.154. The maximum absolute atomic E-state index is 10.7. The summed E-state index contributed by atoms with van der Waals surface area (Å²) in [6.45, 7) is 0. The van der Waals surface area contributed by atoms with Gasteiger partial charge in [0.25, 0.3) is 0 Å². The molecule has 0 fully saturated rings. The summed E-state index contributed by atoms with van der Waals surface area (Å²) in [4.78, 5) is 13.6. The van der Waals surface area contributed by atoms with E-state index < -0.39 is 12.3 Å². The third-order valence-corrected chi connectivity index (χ3v) is 2.48. The second kappa shape index (κ2) is 5.21. The summed E-state index contributed by atoms with van der Waals surface area (Å²) in [5.74, 6) is 0. The Balaban J connectivity index is 2.14. The van der Waals surface area contributed by atoms with Crippen LogP contribution in [0.3, 0.4) is 0 Å². The number of hydrogen-bond donors (Lipinski definition) is 2. The summed E-state index contributed by atoms with van der Waals surface area (Å²) in [6, 6.07) is 13.3. The first kappa shape index (κ1) is 11.3. The number of carboxylic acid groups (broad SMARTS) is 1. The fourth-order valence-corrected chi connectivity index (χ4v) is 1.71. The van der Waals surface area contributed by atoms with Crippen molar-refractivity contribution in [3.63, 3.8) is 0 Å². The van der Waals surface area contributed by atoms with Gasteiger partial charge in [-0.1, -0.05) is 30.3 Å². The van der Waals surface area contributed by atoms with Crippen LogP contribution in [0.4, 0.5) is 4.79 Å². The van der Waals surface area contributed by atoms with Gasteiger partial charge in [0, 0.05) is 12.6 Å². The molecule has 17 heavy (non-hydrogen) atoms. The highest BCUT2D eigenvalue weighted by atomic mass is 16.7. The van der Waals surface area contributed by atoms with Crippen LogP contribution in [0.5, 0.6) is 0 Å². The molecular weight excluding hydrogens is 218 g/mol. The van der Waals surface area contributed by atoms with Crippen LogP contribution in [0.2, 0.25) is 0 Å². The summed E-state index contributed by atoms with van der Waals surface area (Å²) >= 11 is 0. The molecular formula is C13H13NO3. The maximum Gasteiger partial charge on any atom is 0.506 e. The van der Waals surface area contributed by atoms with E-state index in [0.717, 1.165) is 11.3 Å². The van der Waals surface area contributed by atoms with Crippen molar-refractivity contribution in [2.24, 2.45) is 0 Å². The van der Waals surface area contributed by atoms with Gasteiger partial charge in [-0.3, -0.25) is 0 Å². The smallest absolute Gasteiger partial charge is 0.450 e. The zero-order chi connectivity index (χ0) is 12.1. The van der Waals surface area contributed by atoms with E-state index in [9.17, 15) is 4.79 Å². The summed E-state index contributed by atoms with van der Waals surface area (Å²) < 4.78 is 4.88. The van der Waals surface area contributed by atoms with Crippen molar-refractivity contribution in [1.29, 1.82) is 0 Å². The lowest BCUT2D eigenvalue weighted by atomic mass is 10.1.